The van der Waals surface area contributed by atoms with Crippen molar-refractivity contribution in [2.24, 2.45) is 0 Å². The minimum absolute atomic E-state index is 0.166. The van der Waals surface area contributed by atoms with Crippen LogP contribution >= 0.6 is 11.6 Å². The average molecular weight is 488 g/mol. The molecule has 3 aromatic rings. The highest BCUT2D eigenvalue weighted by Gasteiger charge is 2.18. The van der Waals surface area contributed by atoms with Crippen molar-refractivity contribution >= 4 is 23.3 Å². The normalized spacial score (nSPS) is 12.4. The van der Waals surface area contributed by atoms with Gasteiger partial charge in [-0.05, 0) is 55.3 Å². The van der Waals surface area contributed by atoms with Gasteiger partial charge in [0, 0.05) is 23.6 Å². The average Bonchev–Trinajstić information content (AvgIpc) is 3.32. The van der Waals surface area contributed by atoms with Gasteiger partial charge in [-0.25, -0.2) is 4.79 Å². The number of hydrogen-bond donors (Lipinski definition) is 2. The highest BCUT2D eigenvalue weighted by molar-refractivity contribution is 6.30. The van der Waals surface area contributed by atoms with Crippen molar-refractivity contribution in [3.05, 3.63) is 71.3 Å². The molecule has 34 heavy (non-hydrogen) atoms. The number of carboxylic acids is 1. The molecular formula is C24H26ClN3O6. The minimum Gasteiger partial charge on any atom is -0.479 e. The molecule has 1 heterocycles. The second kappa shape index (κ2) is 12.7. The minimum atomic E-state index is -1.01. The topological polar surface area (TPSA) is 116 Å². The first-order valence-corrected chi connectivity index (χ1v) is 11.2. The second-order valence-electron chi connectivity index (χ2n) is 7.16. The SMILES string of the molecule is CCCONC(=COc1cccc(CC(OCC)C(=O)O)c1)c1nc(-c2ccc(Cl)cc2)no1. The quantitative estimate of drug-likeness (QED) is 0.200. The fourth-order valence-corrected chi connectivity index (χ4v) is 3.03. The Morgan fingerprint density at radius 2 is 2.03 bits per heavy atom. The van der Waals surface area contributed by atoms with E-state index in [1.165, 1.54) is 6.26 Å². The molecule has 2 N–H and O–H groups in total. The number of nitrogens with one attached hydrogen (secondary N) is 1. The fraction of sp³-hybridized carbons (Fsp3) is 0.292. The van der Waals surface area contributed by atoms with Gasteiger partial charge in [0.1, 0.15) is 12.0 Å². The van der Waals surface area contributed by atoms with Crippen LogP contribution in [0.15, 0.2) is 59.3 Å². The Hall–Kier alpha value is -3.40. The van der Waals surface area contributed by atoms with Crippen LogP contribution in [0.1, 0.15) is 31.7 Å². The second-order valence-corrected chi connectivity index (χ2v) is 7.60. The van der Waals surface area contributed by atoms with Gasteiger partial charge < -0.3 is 19.1 Å². The van der Waals surface area contributed by atoms with Crippen LogP contribution in [0.5, 0.6) is 5.75 Å². The molecule has 0 saturated heterocycles. The van der Waals surface area contributed by atoms with E-state index in [1.807, 2.05) is 13.0 Å². The van der Waals surface area contributed by atoms with Gasteiger partial charge in [-0.15, -0.1) is 0 Å². The van der Waals surface area contributed by atoms with Crippen molar-refractivity contribution < 1.29 is 28.7 Å². The van der Waals surface area contributed by atoms with Gasteiger partial charge in [-0.3, -0.25) is 10.3 Å². The van der Waals surface area contributed by atoms with Crippen molar-refractivity contribution in [2.75, 3.05) is 13.2 Å². The zero-order valence-corrected chi connectivity index (χ0v) is 19.6. The van der Waals surface area contributed by atoms with E-state index < -0.39 is 12.1 Å². The van der Waals surface area contributed by atoms with Crippen LogP contribution in [0.25, 0.3) is 17.1 Å². The third kappa shape index (κ3) is 7.31. The maximum atomic E-state index is 11.4. The van der Waals surface area contributed by atoms with Crippen LogP contribution in [-0.4, -0.2) is 40.5 Å². The number of halogens is 1. The lowest BCUT2D eigenvalue weighted by atomic mass is 10.1. The monoisotopic (exact) mass is 487 g/mol. The lowest BCUT2D eigenvalue weighted by molar-refractivity contribution is -0.149. The van der Waals surface area contributed by atoms with E-state index in [1.54, 1.807) is 49.4 Å². The molecule has 0 bridgehead atoms. The molecule has 0 spiro atoms. The number of aliphatic carboxylic acids is 1. The predicted molar refractivity (Wildman–Crippen MR) is 126 cm³/mol. The molecule has 1 unspecified atom stereocenters. The van der Waals surface area contributed by atoms with Gasteiger partial charge in [0.25, 0.3) is 5.89 Å². The van der Waals surface area contributed by atoms with Gasteiger partial charge in [0.2, 0.25) is 5.82 Å². The molecule has 0 amide bonds. The summed E-state index contributed by atoms with van der Waals surface area (Å²) in [5.74, 6) is 0.0258. The number of aromatic nitrogens is 2. The highest BCUT2D eigenvalue weighted by atomic mass is 35.5. The Morgan fingerprint density at radius 3 is 2.74 bits per heavy atom. The van der Waals surface area contributed by atoms with Crippen LogP contribution in [0.4, 0.5) is 0 Å². The molecule has 3 rings (SSSR count). The van der Waals surface area contributed by atoms with E-state index in [0.29, 0.717) is 35.5 Å². The predicted octanol–water partition coefficient (Wildman–Crippen LogP) is 4.73. The number of carbonyl (C=O) groups is 1. The summed E-state index contributed by atoms with van der Waals surface area (Å²) in [6, 6.07) is 14.1. The molecule has 0 radical (unpaired) electrons. The number of nitrogens with zero attached hydrogens (tertiary/aromatic N) is 2. The fourth-order valence-electron chi connectivity index (χ4n) is 2.90. The standard InChI is InChI=1S/C24H26ClN3O6/c1-3-12-33-27-20(23-26-22(28-34-23)17-8-10-18(25)11-9-17)15-32-19-7-5-6-16(13-19)14-21(24(29)30)31-4-2/h5-11,13,15,21,27H,3-4,12,14H2,1-2H3,(H,29,30). The maximum absolute atomic E-state index is 11.4. The summed E-state index contributed by atoms with van der Waals surface area (Å²) in [5, 5.41) is 13.9. The van der Waals surface area contributed by atoms with Crippen LogP contribution < -0.4 is 10.2 Å². The number of benzene rings is 2. The van der Waals surface area contributed by atoms with E-state index >= 15 is 0 Å². The van der Waals surface area contributed by atoms with E-state index in [-0.39, 0.29) is 12.3 Å². The molecule has 0 saturated carbocycles. The Bertz CT molecular complexity index is 1100. The largest absolute Gasteiger partial charge is 0.479 e. The lowest BCUT2D eigenvalue weighted by Gasteiger charge is -2.13. The van der Waals surface area contributed by atoms with Gasteiger partial charge >= 0.3 is 5.97 Å². The van der Waals surface area contributed by atoms with E-state index in [9.17, 15) is 9.90 Å². The lowest BCUT2D eigenvalue weighted by Crippen LogP contribution is -2.26. The molecule has 1 aromatic heterocycles. The summed E-state index contributed by atoms with van der Waals surface area (Å²) in [6.45, 7) is 4.50. The van der Waals surface area contributed by atoms with Crippen molar-refractivity contribution in [3.8, 4) is 17.1 Å². The van der Waals surface area contributed by atoms with E-state index in [4.69, 9.17) is 30.4 Å². The van der Waals surface area contributed by atoms with Crippen LogP contribution in [0.2, 0.25) is 5.02 Å². The molecule has 0 fully saturated rings. The molecule has 9 nitrogen and oxygen atoms in total. The number of carboxylic acid groups (broad SMARTS) is 1. The van der Waals surface area contributed by atoms with Crippen molar-refractivity contribution in [1.29, 1.82) is 0 Å². The molecule has 1 atom stereocenters. The Labute approximate surface area is 202 Å². The van der Waals surface area contributed by atoms with Crippen LogP contribution in [0.3, 0.4) is 0 Å². The number of hydroxylamine groups is 1. The van der Waals surface area contributed by atoms with Gasteiger partial charge in [0.15, 0.2) is 11.8 Å². The van der Waals surface area contributed by atoms with Crippen LogP contribution in [-0.2, 0) is 20.8 Å². The first-order valence-electron chi connectivity index (χ1n) is 10.8. The molecule has 2 aromatic carbocycles. The van der Waals surface area contributed by atoms with Crippen molar-refractivity contribution in [2.45, 2.75) is 32.8 Å². The molecular weight excluding hydrogens is 462 g/mol. The van der Waals surface area contributed by atoms with Crippen molar-refractivity contribution in [1.82, 2.24) is 15.6 Å². The molecule has 0 aliphatic rings. The summed E-state index contributed by atoms with van der Waals surface area (Å²) >= 11 is 5.94. The Morgan fingerprint density at radius 1 is 1.24 bits per heavy atom. The molecule has 180 valence electrons. The number of hydrogen-bond acceptors (Lipinski definition) is 8. The number of ether oxygens (including phenoxy) is 2. The van der Waals surface area contributed by atoms with E-state index in [0.717, 1.165) is 17.5 Å². The van der Waals surface area contributed by atoms with Gasteiger partial charge in [-0.1, -0.05) is 35.8 Å². The molecule has 10 heteroatoms. The zero-order chi connectivity index (χ0) is 24.3. The van der Waals surface area contributed by atoms with Gasteiger partial charge in [0.05, 0.1) is 6.61 Å². The summed E-state index contributed by atoms with van der Waals surface area (Å²) in [4.78, 5) is 21.2. The smallest absolute Gasteiger partial charge is 0.333 e. The van der Waals surface area contributed by atoms with Crippen LogP contribution in [0, 0.1) is 0 Å². The third-order valence-electron chi connectivity index (χ3n) is 4.52. The highest BCUT2D eigenvalue weighted by Crippen LogP contribution is 2.22. The Balaban J connectivity index is 1.78. The van der Waals surface area contributed by atoms with Crippen molar-refractivity contribution in [3.63, 3.8) is 0 Å². The maximum Gasteiger partial charge on any atom is 0.333 e. The summed E-state index contributed by atoms with van der Waals surface area (Å²) in [7, 11) is 0. The van der Waals surface area contributed by atoms with Gasteiger partial charge in [-0.2, -0.15) is 4.98 Å². The first kappa shape index (κ1) is 25.2. The first-order chi connectivity index (χ1) is 16.5. The summed E-state index contributed by atoms with van der Waals surface area (Å²) in [6.07, 6.45) is 1.47. The third-order valence-corrected chi connectivity index (χ3v) is 4.77. The number of rotatable bonds is 13. The summed E-state index contributed by atoms with van der Waals surface area (Å²) in [5.41, 5.74) is 4.60. The molecule has 0 aliphatic heterocycles. The summed E-state index contributed by atoms with van der Waals surface area (Å²) < 4.78 is 16.5. The Kier molecular flexibility index (Phi) is 9.45. The molecule has 0 aliphatic carbocycles. The van der Waals surface area contributed by atoms with E-state index in [2.05, 4.69) is 15.6 Å². The zero-order valence-electron chi connectivity index (χ0n) is 18.9.